The number of carbonyl (C=O) groups excluding carboxylic acids is 1. The van der Waals surface area contributed by atoms with E-state index in [1.165, 1.54) is 0 Å². The second kappa shape index (κ2) is 7.84. The summed E-state index contributed by atoms with van der Waals surface area (Å²) in [5, 5.41) is 2.81. The molecule has 1 aromatic carbocycles. The van der Waals surface area contributed by atoms with Crippen LogP contribution in [0.25, 0.3) is 0 Å². The molecule has 0 heterocycles. The van der Waals surface area contributed by atoms with Crippen molar-refractivity contribution in [3.8, 4) is 0 Å². The van der Waals surface area contributed by atoms with Crippen LogP contribution in [0, 0.1) is 0 Å². The maximum atomic E-state index is 11.8. The number of rotatable bonds is 7. The van der Waals surface area contributed by atoms with Crippen LogP contribution in [0.2, 0.25) is 0 Å². The van der Waals surface area contributed by atoms with Gasteiger partial charge in [0.15, 0.2) is 0 Å². The van der Waals surface area contributed by atoms with Crippen molar-refractivity contribution >= 4 is 5.91 Å². The highest BCUT2D eigenvalue weighted by molar-refractivity contribution is 5.82. The summed E-state index contributed by atoms with van der Waals surface area (Å²) in [6, 6.07) is 8.75. The van der Waals surface area contributed by atoms with E-state index < -0.39 is 6.04 Å². The summed E-state index contributed by atoms with van der Waals surface area (Å²) in [5.74, 6) is -0.147. The minimum Gasteiger partial charge on any atom is -0.379 e. The Kier molecular flexibility index (Phi) is 6.39. The number of ether oxygens (including phenoxy) is 1. The Hall–Kier alpha value is -1.39. The standard InChI is InChI=1S/C14H22N2O2/c1-11(2)18-10-6-9-16-14(17)13(15)12-7-4-3-5-8-12/h3-5,7-8,11,13H,6,9-10,15H2,1-2H3,(H,16,17)/t13-/m1/s1. The highest BCUT2D eigenvalue weighted by Crippen LogP contribution is 2.08. The van der Waals surface area contributed by atoms with Crippen LogP contribution in [0.15, 0.2) is 30.3 Å². The van der Waals surface area contributed by atoms with Crippen molar-refractivity contribution in [2.75, 3.05) is 13.2 Å². The minimum absolute atomic E-state index is 0.147. The molecule has 0 unspecified atom stereocenters. The minimum atomic E-state index is -0.600. The number of hydrogen-bond donors (Lipinski definition) is 2. The molecule has 4 heteroatoms. The number of amides is 1. The summed E-state index contributed by atoms with van der Waals surface area (Å²) in [6.45, 7) is 5.22. The van der Waals surface area contributed by atoms with Gasteiger partial charge in [-0.25, -0.2) is 0 Å². The Morgan fingerprint density at radius 2 is 2.00 bits per heavy atom. The Bertz CT molecular complexity index is 352. The summed E-state index contributed by atoms with van der Waals surface area (Å²) in [5.41, 5.74) is 6.69. The van der Waals surface area contributed by atoms with Crippen LogP contribution < -0.4 is 11.1 Å². The van der Waals surface area contributed by atoms with E-state index in [1.807, 2.05) is 44.2 Å². The summed E-state index contributed by atoms with van der Waals surface area (Å²) in [6.07, 6.45) is 1.03. The largest absolute Gasteiger partial charge is 0.379 e. The van der Waals surface area contributed by atoms with Gasteiger partial charge in [-0.05, 0) is 25.8 Å². The third-order valence-electron chi connectivity index (χ3n) is 2.51. The number of nitrogens with two attached hydrogens (primary N) is 1. The maximum Gasteiger partial charge on any atom is 0.241 e. The molecule has 1 rings (SSSR count). The predicted octanol–water partition coefficient (Wildman–Crippen LogP) is 1.62. The zero-order valence-electron chi connectivity index (χ0n) is 11.1. The molecule has 0 aromatic heterocycles. The lowest BCUT2D eigenvalue weighted by Crippen LogP contribution is -2.35. The van der Waals surface area contributed by atoms with Gasteiger partial charge < -0.3 is 15.8 Å². The normalized spacial score (nSPS) is 12.4. The Balaban J connectivity index is 2.25. The average molecular weight is 250 g/mol. The fourth-order valence-corrected chi connectivity index (χ4v) is 1.52. The van der Waals surface area contributed by atoms with Gasteiger partial charge in [0, 0.05) is 13.2 Å². The molecule has 0 radical (unpaired) electrons. The van der Waals surface area contributed by atoms with E-state index in [2.05, 4.69) is 5.32 Å². The predicted molar refractivity (Wildman–Crippen MR) is 72.1 cm³/mol. The number of carbonyl (C=O) groups is 1. The molecule has 1 amide bonds. The molecule has 1 atom stereocenters. The van der Waals surface area contributed by atoms with E-state index in [-0.39, 0.29) is 12.0 Å². The first kappa shape index (κ1) is 14.7. The molecule has 1 aromatic rings. The van der Waals surface area contributed by atoms with Gasteiger partial charge in [-0.2, -0.15) is 0 Å². The topological polar surface area (TPSA) is 64.3 Å². The average Bonchev–Trinajstić information content (AvgIpc) is 2.38. The SMILES string of the molecule is CC(C)OCCCNC(=O)[C@H](N)c1ccccc1. The summed E-state index contributed by atoms with van der Waals surface area (Å²) < 4.78 is 5.39. The number of hydrogen-bond acceptors (Lipinski definition) is 3. The van der Waals surface area contributed by atoms with Crippen LogP contribution >= 0.6 is 0 Å². The first-order valence-electron chi connectivity index (χ1n) is 6.31. The van der Waals surface area contributed by atoms with Crippen LogP contribution in [0.5, 0.6) is 0 Å². The molecule has 100 valence electrons. The van der Waals surface area contributed by atoms with Crippen molar-refractivity contribution < 1.29 is 9.53 Å². The van der Waals surface area contributed by atoms with Crippen LogP contribution in [0.3, 0.4) is 0 Å². The van der Waals surface area contributed by atoms with E-state index in [1.54, 1.807) is 0 Å². The molecular weight excluding hydrogens is 228 g/mol. The van der Waals surface area contributed by atoms with Gasteiger partial charge in [0.2, 0.25) is 5.91 Å². The molecule has 0 fully saturated rings. The molecular formula is C14H22N2O2. The van der Waals surface area contributed by atoms with Gasteiger partial charge in [-0.3, -0.25) is 4.79 Å². The van der Waals surface area contributed by atoms with Crippen molar-refractivity contribution in [3.05, 3.63) is 35.9 Å². The van der Waals surface area contributed by atoms with Crippen LogP contribution in [0.4, 0.5) is 0 Å². The molecule has 0 aliphatic rings. The number of nitrogens with one attached hydrogen (secondary N) is 1. The van der Waals surface area contributed by atoms with Gasteiger partial charge in [-0.15, -0.1) is 0 Å². The van der Waals surface area contributed by atoms with Crippen molar-refractivity contribution in [3.63, 3.8) is 0 Å². The van der Waals surface area contributed by atoms with E-state index in [0.717, 1.165) is 12.0 Å². The van der Waals surface area contributed by atoms with Crippen LogP contribution in [-0.4, -0.2) is 25.2 Å². The second-order valence-electron chi connectivity index (χ2n) is 4.45. The lowest BCUT2D eigenvalue weighted by molar-refractivity contribution is -0.122. The highest BCUT2D eigenvalue weighted by atomic mass is 16.5. The van der Waals surface area contributed by atoms with Crippen molar-refractivity contribution in [2.45, 2.75) is 32.4 Å². The molecule has 4 nitrogen and oxygen atoms in total. The van der Waals surface area contributed by atoms with Gasteiger partial charge in [0.25, 0.3) is 0 Å². The van der Waals surface area contributed by atoms with Gasteiger partial charge in [0.05, 0.1) is 6.10 Å². The Morgan fingerprint density at radius 1 is 1.33 bits per heavy atom. The molecule has 3 N–H and O–H groups in total. The maximum absolute atomic E-state index is 11.8. The Labute approximate surface area is 109 Å². The molecule has 0 spiro atoms. The summed E-state index contributed by atoms with van der Waals surface area (Å²) in [4.78, 5) is 11.8. The molecule has 0 aliphatic carbocycles. The summed E-state index contributed by atoms with van der Waals surface area (Å²) >= 11 is 0. The first-order valence-corrected chi connectivity index (χ1v) is 6.31. The third kappa shape index (κ3) is 5.29. The first-order chi connectivity index (χ1) is 8.61. The molecule has 0 bridgehead atoms. The second-order valence-corrected chi connectivity index (χ2v) is 4.45. The third-order valence-corrected chi connectivity index (χ3v) is 2.51. The smallest absolute Gasteiger partial charge is 0.241 e. The molecule has 0 saturated carbocycles. The van der Waals surface area contributed by atoms with Crippen LogP contribution in [0.1, 0.15) is 31.9 Å². The zero-order chi connectivity index (χ0) is 13.4. The van der Waals surface area contributed by atoms with Crippen molar-refractivity contribution in [1.29, 1.82) is 0 Å². The van der Waals surface area contributed by atoms with Gasteiger partial charge in [0.1, 0.15) is 6.04 Å². The lowest BCUT2D eigenvalue weighted by Gasteiger charge is -2.13. The monoisotopic (exact) mass is 250 g/mol. The van der Waals surface area contributed by atoms with E-state index in [9.17, 15) is 4.79 Å². The molecule has 0 aliphatic heterocycles. The fraction of sp³-hybridized carbons (Fsp3) is 0.500. The fourth-order valence-electron chi connectivity index (χ4n) is 1.52. The van der Waals surface area contributed by atoms with Gasteiger partial charge >= 0.3 is 0 Å². The van der Waals surface area contributed by atoms with Gasteiger partial charge in [-0.1, -0.05) is 30.3 Å². The highest BCUT2D eigenvalue weighted by Gasteiger charge is 2.14. The zero-order valence-corrected chi connectivity index (χ0v) is 11.1. The molecule has 0 saturated heterocycles. The van der Waals surface area contributed by atoms with E-state index in [4.69, 9.17) is 10.5 Å². The Morgan fingerprint density at radius 3 is 2.61 bits per heavy atom. The molecule has 18 heavy (non-hydrogen) atoms. The lowest BCUT2D eigenvalue weighted by atomic mass is 10.1. The van der Waals surface area contributed by atoms with E-state index in [0.29, 0.717) is 13.2 Å². The quantitative estimate of drug-likeness (QED) is 0.723. The van der Waals surface area contributed by atoms with E-state index >= 15 is 0 Å². The number of benzene rings is 1. The summed E-state index contributed by atoms with van der Waals surface area (Å²) in [7, 11) is 0. The van der Waals surface area contributed by atoms with Crippen molar-refractivity contribution in [2.24, 2.45) is 5.73 Å². The van der Waals surface area contributed by atoms with Crippen LogP contribution in [-0.2, 0) is 9.53 Å². The van der Waals surface area contributed by atoms with Crippen molar-refractivity contribution in [1.82, 2.24) is 5.32 Å².